The van der Waals surface area contributed by atoms with Gasteiger partial charge in [0.2, 0.25) is 5.69 Å². The predicted octanol–water partition coefficient (Wildman–Crippen LogP) is 2.78. The third kappa shape index (κ3) is 5.17. The Morgan fingerprint density at radius 1 is 1.18 bits per heavy atom. The average molecular weight is 463 g/mol. The van der Waals surface area contributed by atoms with Crippen molar-refractivity contribution in [1.29, 1.82) is 0 Å². The molecule has 0 radical (unpaired) electrons. The smallest absolute Gasteiger partial charge is 0.352 e. The number of amides is 1. The van der Waals surface area contributed by atoms with Crippen molar-refractivity contribution in [2.45, 2.75) is 52.2 Å². The lowest BCUT2D eigenvalue weighted by atomic mass is 10.0. The van der Waals surface area contributed by atoms with Gasteiger partial charge >= 0.3 is 5.69 Å². The lowest BCUT2D eigenvalue weighted by Gasteiger charge is -2.14. The summed E-state index contributed by atoms with van der Waals surface area (Å²) in [5, 5.41) is 6.95. The summed E-state index contributed by atoms with van der Waals surface area (Å²) in [6.45, 7) is 7.10. The zero-order valence-electron chi connectivity index (χ0n) is 19.8. The number of rotatable bonds is 7. The zero-order valence-corrected chi connectivity index (χ0v) is 19.8. The Kier molecular flexibility index (Phi) is 7.07. The first-order valence-corrected chi connectivity index (χ1v) is 11.6. The molecule has 1 saturated heterocycles. The fourth-order valence-electron chi connectivity index (χ4n) is 4.05. The molecule has 0 unspecified atom stereocenters. The maximum absolute atomic E-state index is 13.4. The van der Waals surface area contributed by atoms with Crippen molar-refractivity contribution >= 4 is 5.91 Å². The molecule has 1 N–H and O–H groups in total. The molecule has 0 bridgehead atoms. The van der Waals surface area contributed by atoms with Gasteiger partial charge < -0.3 is 10.1 Å². The zero-order chi connectivity index (χ0) is 24.2. The number of aryl methyl sites for hydroxylation is 1. The first-order valence-electron chi connectivity index (χ1n) is 11.6. The molecule has 8 nitrogen and oxygen atoms in total. The van der Waals surface area contributed by atoms with Crippen molar-refractivity contribution in [3.8, 4) is 5.69 Å². The minimum atomic E-state index is -0.716. The summed E-state index contributed by atoms with van der Waals surface area (Å²) in [6.07, 6.45) is 1.72. The molecule has 4 rings (SSSR count). The van der Waals surface area contributed by atoms with Crippen LogP contribution in [0.5, 0.6) is 0 Å². The van der Waals surface area contributed by atoms with Gasteiger partial charge in [-0.25, -0.2) is 4.79 Å². The number of hydrogen-bond donors (Lipinski definition) is 1. The molecule has 1 fully saturated rings. The maximum Gasteiger partial charge on any atom is 0.352 e. The van der Waals surface area contributed by atoms with E-state index in [1.165, 1.54) is 0 Å². The van der Waals surface area contributed by atoms with Gasteiger partial charge in [-0.2, -0.15) is 9.78 Å². The minimum absolute atomic E-state index is 0.0396. The molecule has 1 amide bonds. The SMILES string of the molecule is Cc1cccc(Cn2c(=O)c(C(=O)NC[C@H]3CCCO3)nn(-c3ccc(C(C)C)cc3)c2=O)c1. The van der Waals surface area contributed by atoms with E-state index < -0.39 is 17.2 Å². The number of hydrogen-bond acceptors (Lipinski definition) is 5. The molecule has 34 heavy (non-hydrogen) atoms. The van der Waals surface area contributed by atoms with E-state index in [1.807, 2.05) is 43.3 Å². The van der Waals surface area contributed by atoms with Crippen LogP contribution in [0.3, 0.4) is 0 Å². The standard InChI is InChI=1S/C26H30N4O4/c1-17(2)20-9-11-21(12-10-20)30-26(33)29(16-19-7-4-6-18(3)14-19)25(32)23(28-30)24(31)27-15-22-8-5-13-34-22/h4,6-7,9-12,14,17,22H,5,8,13,15-16H2,1-3H3,(H,27,31)/t22-/m1/s1. The van der Waals surface area contributed by atoms with Crippen molar-refractivity contribution < 1.29 is 9.53 Å². The van der Waals surface area contributed by atoms with Crippen LogP contribution in [0.1, 0.15) is 59.8 Å². The van der Waals surface area contributed by atoms with Gasteiger partial charge in [-0.15, -0.1) is 0 Å². The van der Waals surface area contributed by atoms with Crippen LogP contribution < -0.4 is 16.6 Å². The lowest BCUT2D eigenvalue weighted by molar-refractivity contribution is 0.0849. The highest BCUT2D eigenvalue weighted by Gasteiger charge is 2.23. The Balaban J connectivity index is 1.76. The van der Waals surface area contributed by atoms with Gasteiger partial charge in [0.15, 0.2) is 0 Å². The van der Waals surface area contributed by atoms with Gasteiger partial charge in [-0.1, -0.05) is 55.8 Å². The molecule has 178 valence electrons. The molecule has 0 spiro atoms. The highest BCUT2D eigenvalue weighted by molar-refractivity contribution is 5.91. The third-order valence-corrected chi connectivity index (χ3v) is 6.02. The second-order valence-corrected chi connectivity index (χ2v) is 9.01. The Morgan fingerprint density at radius 3 is 2.59 bits per heavy atom. The number of carbonyl (C=O) groups excluding carboxylic acids is 1. The Bertz CT molecular complexity index is 1290. The van der Waals surface area contributed by atoms with Crippen LogP contribution >= 0.6 is 0 Å². The topological polar surface area (TPSA) is 95.2 Å². The van der Waals surface area contributed by atoms with Crippen molar-refractivity contribution in [1.82, 2.24) is 19.7 Å². The summed E-state index contributed by atoms with van der Waals surface area (Å²) in [4.78, 5) is 39.6. The number of nitrogens with one attached hydrogen (secondary N) is 1. The highest BCUT2D eigenvalue weighted by Crippen LogP contribution is 2.16. The van der Waals surface area contributed by atoms with E-state index in [9.17, 15) is 14.4 Å². The van der Waals surface area contributed by atoms with Crippen molar-refractivity contribution in [2.75, 3.05) is 13.2 Å². The first kappa shape index (κ1) is 23.6. The summed E-state index contributed by atoms with van der Waals surface area (Å²) in [5.41, 5.74) is 1.76. The molecule has 1 aliphatic rings. The monoisotopic (exact) mass is 462 g/mol. The van der Waals surface area contributed by atoms with Gasteiger partial charge in [-0.3, -0.25) is 14.2 Å². The fourth-order valence-corrected chi connectivity index (χ4v) is 4.05. The molecular weight excluding hydrogens is 432 g/mol. The normalized spacial score (nSPS) is 15.6. The van der Waals surface area contributed by atoms with Gasteiger partial charge in [0.25, 0.3) is 11.5 Å². The Morgan fingerprint density at radius 2 is 1.94 bits per heavy atom. The second kappa shape index (κ2) is 10.2. The van der Waals surface area contributed by atoms with Gasteiger partial charge in [-0.05, 0) is 48.9 Å². The molecule has 1 aromatic heterocycles. The fraction of sp³-hybridized carbons (Fsp3) is 0.385. The maximum atomic E-state index is 13.4. The minimum Gasteiger partial charge on any atom is -0.376 e. The van der Waals surface area contributed by atoms with Crippen molar-refractivity contribution in [3.05, 3.63) is 91.8 Å². The molecule has 3 aromatic rings. The molecule has 1 aliphatic heterocycles. The first-order chi connectivity index (χ1) is 16.3. The number of nitrogens with zero attached hydrogens (tertiary/aromatic N) is 3. The summed E-state index contributed by atoms with van der Waals surface area (Å²) >= 11 is 0. The van der Waals surface area contributed by atoms with Crippen LogP contribution in [-0.4, -0.2) is 39.5 Å². The predicted molar refractivity (Wildman–Crippen MR) is 130 cm³/mol. The van der Waals surface area contributed by atoms with E-state index in [0.717, 1.165) is 38.8 Å². The van der Waals surface area contributed by atoms with Crippen LogP contribution in [0, 0.1) is 6.92 Å². The molecule has 8 heteroatoms. The van der Waals surface area contributed by atoms with Crippen molar-refractivity contribution in [3.63, 3.8) is 0 Å². The number of aromatic nitrogens is 3. The quantitative estimate of drug-likeness (QED) is 0.583. The van der Waals surface area contributed by atoms with Gasteiger partial charge in [0, 0.05) is 13.2 Å². The summed E-state index contributed by atoms with van der Waals surface area (Å²) < 4.78 is 7.75. The molecule has 2 heterocycles. The molecule has 0 saturated carbocycles. The summed E-state index contributed by atoms with van der Waals surface area (Å²) in [7, 11) is 0. The number of benzene rings is 2. The third-order valence-electron chi connectivity index (χ3n) is 6.02. The van der Waals surface area contributed by atoms with Gasteiger partial charge in [0.1, 0.15) is 0 Å². The van der Waals surface area contributed by atoms with Crippen LogP contribution in [0.4, 0.5) is 0 Å². The van der Waals surface area contributed by atoms with E-state index in [2.05, 4.69) is 24.3 Å². The van der Waals surface area contributed by atoms with E-state index in [4.69, 9.17) is 4.74 Å². The largest absolute Gasteiger partial charge is 0.376 e. The second-order valence-electron chi connectivity index (χ2n) is 9.01. The van der Waals surface area contributed by atoms with Crippen LogP contribution in [0.25, 0.3) is 5.69 Å². The van der Waals surface area contributed by atoms with Crippen molar-refractivity contribution in [2.24, 2.45) is 0 Å². The van der Waals surface area contributed by atoms with E-state index in [1.54, 1.807) is 12.1 Å². The summed E-state index contributed by atoms with van der Waals surface area (Å²) in [6, 6.07) is 15.0. The van der Waals surface area contributed by atoms with Crippen LogP contribution in [0.2, 0.25) is 0 Å². The highest BCUT2D eigenvalue weighted by atomic mass is 16.5. The Labute approximate surface area is 198 Å². The van der Waals surface area contributed by atoms with E-state index in [-0.39, 0.29) is 18.3 Å². The van der Waals surface area contributed by atoms with Crippen LogP contribution in [-0.2, 0) is 11.3 Å². The number of ether oxygens (including phenoxy) is 1. The number of carbonyl (C=O) groups is 1. The lowest BCUT2D eigenvalue weighted by Crippen LogP contribution is -2.46. The van der Waals surface area contributed by atoms with E-state index in [0.29, 0.717) is 24.8 Å². The molecular formula is C26H30N4O4. The Hall–Kier alpha value is -3.52. The van der Waals surface area contributed by atoms with Gasteiger partial charge in [0.05, 0.1) is 18.3 Å². The molecule has 2 aromatic carbocycles. The van der Waals surface area contributed by atoms with Crippen LogP contribution in [0.15, 0.2) is 58.1 Å². The average Bonchev–Trinajstić information content (AvgIpc) is 3.34. The molecule has 0 aliphatic carbocycles. The summed E-state index contributed by atoms with van der Waals surface area (Å²) in [5.74, 6) is -0.292. The molecule has 1 atom stereocenters. The van der Waals surface area contributed by atoms with E-state index >= 15 is 0 Å².